The Hall–Kier alpha value is -0.340. The summed E-state index contributed by atoms with van der Waals surface area (Å²) in [4.78, 5) is 0.430. The van der Waals surface area contributed by atoms with Gasteiger partial charge in [-0.25, -0.2) is 0 Å². The van der Waals surface area contributed by atoms with E-state index in [4.69, 9.17) is 4.74 Å². The van der Waals surface area contributed by atoms with Gasteiger partial charge >= 0.3 is 0 Å². The summed E-state index contributed by atoms with van der Waals surface area (Å²) < 4.78 is 5.96. The number of halogens is 1. The second-order valence-electron chi connectivity index (χ2n) is 5.20. The Balaban J connectivity index is 2.07. The molecule has 0 aromatic heterocycles. The number of benzene rings is 1. The molecule has 1 aliphatic rings. The van der Waals surface area contributed by atoms with E-state index < -0.39 is 0 Å². The zero-order chi connectivity index (χ0) is 11.1. The maximum absolute atomic E-state index is 5.96. The van der Waals surface area contributed by atoms with Crippen LogP contribution < -0.4 is 0 Å². The Morgan fingerprint density at radius 2 is 1.73 bits per heavy atom. The molecule has 0 bridgehead atoms. The van der Waals surface area contributed by atoms with Gasteiger partial charge in [-0.05, 0) is 11.0 Å². The van der Waals surface area contributed by atoms with Crippen molar-refractivity contribution in [3.63, 3.8) is 0 Å². The van der Waals surface area contributed by atoms with Crippen LogP contribution in [-0.2, 0) is 4.74 Å². The van der Waals surface area contributed by atoms with Crippen molar-refractivity contribution in [3.8, 4) is 0 Å². The van der Waals surface area contributed by atoms with Crippen LogP contribution in [0.4, 0.5) is 0 Å². The standard InChI is InChI=1S/C13H17BrO/c1-13(2,3)12-10(14)11(15-12)9-7-5-4-6-8-9/h4-8,10-12H,1-3H3. The van der Waals surface area contributed by atoms with Crippen molar-refractivity contribution in [2.75, 3.05) is 0 Å². The largest absolute Gasteiger partial charge is 0.367 e. The molecule has 0 saturated carbocycles. The molecule has 2 rings (SSSR count). The smallest absolute Gasteiger partial charge is 0.0979 e. The fourth-order valence-corrected chi connectivity index (χ4v) is 3.31. The van der Waals surface area contributed by atoms with Gasteiger partial charge in [-0.15, -0.1) is 0 Å². The van der Waals surface area contributed by atoms with Gasteiger partial charge in [-0.2, -0.15) is 0 Å². The van der Waals surface area contributed by atoms with Crippen LogP contribution in [0.5, 0.6) is 0 Å². The molecule has 1 aliphatic heterocycles. The molecule has 1 nitrogen and oxygen atoms in total. The summed E-state index contributed by atoms with van der Waals surface area (Å²) in [5.41, 5.74) is 1.47. The van der Waals surface area contributed by atoms with Gasteiger partial charge in [0.2, 0.25) is 0 Å². The van der Waals surface area contributed by atoms with E-state index in [9.17, 15) is 0 Å². The Bertz CT molecular complexity index is 328. The van der Waals surface area contributed by atoms with E-state index in [-0.39, 0.29) is 11.5 Å². The van der Waals surface area contributed by atoms with Crippen molar-refractivity contribution in [3.05, 3.63) is 35.9 Å². The predicted octanol–water partition coefficient (Wildman–Crippen LogP) is 3.94. The van der Waals surface area contributed by atoms with E-state index in [2.05, 4.69) is 61.0 Å². The molecule has 1 heterocycles. The minimum absolute atomic E-state index is 0.208. The van der Waals surface area contributed by atoms with E-state index in [1.165, 1.54) is 5.56 Å². The van der Waals surface area contributed by atoms with Crippen molar-refractivity contribution in [2.24, 2.45) is 5.41 Å². The minimum atomic E-state index is 0.208. The maximum Gasteiger partial charge on any atom is 0.0979 e. The topological polar surface area (TPSA) is 9.23 Å². The predicted molar refractivity (Wildman–Crippen MR) is 66.2 cm³/mol. The third kappa shape index (κ3) is 2.11. The monoisotopic (exact) mass is 268 g/mol. The molecule has 82 valence electrons. The van der Waals surface area contributed by atoms with Gasteiger partial charge in [0.1, 0.15) is 0 Å². The van der Waals surface area contributed by atoms with E-state index in [1.54, 1.807) is 0 Å². The normalized spacial score (nSPS) is 31.1. The molecule has 1 aromatic carbocycles. The molecule has 2 heteroatoms. The van der Waals surface area contributed by atoms with Gasteiger partial charge in [-0.3, -0.25) is 0 Å². The Labute approximate surface area is 100.0 Å². The number of rotatable bonds is 1. The first-order valence-electron chi connectivity index (χ1n) is 5.34. The summed E-state index contributed by atoms with van der Waals surface area (Å²) in [7, 11) is 0. The highest BCUT2D eigenvalue weighted by atomic mass is 79.9. The molecule has 0 radical (unpaired) electrons. The number of ether oxygens (including phenoxy) is 1. The summed E-state index contributed by atoms with van der Waals surface area (Å²) in [6, 6.07) is 10.4. The third-order valence-corrected chi connectivity index (χ3v) is 3.81. The highest BCUT2D eigenvalue weighted by Crippen LogP contribution is 2.47. The van der Waals surface area contributed by atoms with Crippen LogP contribution in [0.25, 0.3) is 0 Å². The molecular formula is C13H17BrO. The number of hydrogen-bond acceptors (Lipinski definition) is 1. The fraction of sp³-hybridized carbons (Fsp3) is 0.538. The van der Waals surface area contributed by atoms with Crippen molar-refractivity contribution in [1.82, 2.24) is 0 Å². The molecule has 0 aliphatic carbocycles. The van der Waals surface area contributed by atoms with Crippen LogP contribution in [0.15, 0.2) is 30.3 Å². The Morgan fingerprint density at radius 3 is 2.20 bits per heavy atom. The molecule has 3 atom stereocenters. The Kier molecular flexibility index (Phi) is 2.91. The van der Waals surface area contributed by atoms with Gasteiger partial charge in [-0.1, -0.05) is 67.0 Å². The number of hydrogen-bond donors (Lipinski definition) is 0. The van der Waals surface area contributed by atoms with Gasteiger partial charge in [0, 0.05) is 0 Å². The molecule has 1 aromatic rings. The van der Waals surface area contributed by atoms with Crippen LogP contribution in [0.3, 0.4) is 0 Å². The Morgan fingerprint density at radius 1 is 1.13 bits per heavy atom. The highest BCUT2D eigenvalue weighted by molar-refractivity contribution is 9.09. The summed E-state index contributed by atoms with van der Waals surface area (Å²) in [5.74, 6) is 0. The van der Waals surface area contributed by atoms with Crippen molar-refractivity contribution in [2.45, 2.75) is 37.8 Å². The van der Waals surface area contributed by atoms with E-state index in [1.807, 2.05) is 6.07 Å². The SMILES string of the molecule is CC(C)(C)C1OC(c2ccccc2)C1Br. The lowest BCUT2D eigenvalue weighted by molar-refractivity contribution is -0.162. The average Bonchev–Trinajstić information content (AvgIpc) is 2.15. The van der Waals surface area contributed by atoms with E-state index in [0.717, 1.165) is 0 Å². The first kappa shape index (κ1) is 11.2. The lowest BCUT2D eigenvalue weighted by atomic mass is 9.80. The first-order valence-corrected chi connectivity index (χ1v) is 6.26. The lowest BCUT2D eigenvalue weighted by Crippen LogP contribution is -2.51. The molecule has 0 N–H and O–H groups in total. The highest BCUT2D eigenvalue weighted by Gasteiger charge is 2.47. The molecule has 0 spiro atoms. The molecule has 1 saturated heterocycles. The average molecular weight is 269 g/mol. The quantitative estimate of drug-likeness (QED) is 0.702. The van der Waals surface area contributed by atoms with Crippen LogP contribution in [0.1, 0.15) is 32.4 Å². The molecule has 3 unspecified atom stereocenters. The van der Waals surface area contributed by atoms with Crippen LogP contribution in [-0.4, -0.2) is 10.9 Å². The summed E-state index contributed by atoms with van der Waals surface area (Å²) in [5, 5.41) is 0. The van der Waals surface area contributed by atoms with Gasteiger partial charge in [0.05, 0.1) is 17.0 Å². The first-order chi connectivity index (χ1) is 7.00. The van der Waals surface area contributed by atoms with Crippen molar-refractivity contribution >= 4 is 15.9 Å². The second-order valence-corrected chi connectivity index (χ2v) is 6.26. The zero-order valence-corrected chi connectivity index (χ0v) is 11.0. The number of alkyl halides is 1. The molecule has 15 heavy (non-hydrogen) atoms. The van der Waals surface area contributed by atoms with Gasteiger partial charge < -0.3 is 4.74 Å². The van der Waals surface area contributed by atoms with E-state index >= 15 is 0 Å². The maximum atomic E-state index is 5.96. The minimum Gasteiger partial charge on any atom is -0.367 e. The zero-order valence-electron chi connectivity index (χ0n) is 9.41. The van der Waals surface area contributed by atoms with Gasteiger partial charge in [0.25, 0.3) is 0 Å². The lowest BCUT2D eigenvalue weighted by Gasteiger charge is -2.48. The van der Waals surface area contributed by atoms with Crippen molar-refractivity contribution in [1.29, 1.82) is 0 Å². The summed E-state index contributed by atoms with van der Waals surface area (Å²) >= 11 is 3.74. The molecular weight excluding hydrogens is 252 g/mol. The van der Waals surface area contributed by atoms with Crippen molar-refractivity contribution < 1.29 is 4.74 Å². The second kappa shape index (κ2) is 3.91. The van der Waals surface area contributed by atoms with E-state index in [0.29, 0.717) is 10.9 Å². The van der Waals surface area contributed by atoms with Gasteiger partial charge in [0.15, 0.2) is 0 Å². The molecule has 1 fully saturated rings. The molecule has 0 amide bonds. The van der Waals surface area contributed by atoms with Crippen LogP contribution in [0, 0.1) is 5.41 Å². The fourth-order valence-electron chi connectivity index (χ4n) is 1.96. The summed E-state index contributed by atoms with van der Waals surface area (Å²) in [6.45, 7) is 6.65. The third-order valence-electron chi connectivity index (χ3n) is 2.85. The summed E-state index contributed by atoms with van der Waals surface area (Å²) in [6.07, 6.45) is 0.526. The van der Waals surface area contributed by atoms with Crippen LogP contribution >= 0.6 is 15.9 Å². The van der Waals surface area contributed by atoms with Crippen LogP contribution in [0.2, 0.25) is 0 Å².